The lowest BCUT2D eigenvalue weighted by Gasteiger charge is -2.05. The Morgan fingerprint density at radius 2 is 1.94 bits per heavy atom. The van der Waals surface area contributed by atoms with E-state index in [-0.39, 0.29) is 11.8 Å². The molecule has 1 aromatic carbocycles. The van der Waals surface area contributed by atoms with Gasteiger partial charge in [-0.1, -0.05) is 23.7 Å². The fraction of sp³-hybridized carbons (Fsp3) is 0.100. The highest BCUT2D eigenvalue weighted by Gasteiger charge is 2.08. The number of hydrogen-bond acceptors (Lipinski definition) is 5. The zero-order valence-corrected chi connectivity index (χ0v) is 9.36. The molecule has 2 aromatic rings. The summed E-state index contributed by atoms with van der Waals surface area (Å²) in [5.41, 5.74) is 13.3. The number of nitrogen functional groups attached to an aromatic ring is 2. The molecule has 0 spiro atoms. The third-order valence-electron chi connectivity index (χ3n) is 2.18. The minimum Gasteiger partial charge on any atom is -0.382 e. The van der Waals surface area contributed by atoms with Crippen molar-refractivity contribution in [3.05, 3.63) is 28.8 Å². The number of hydrogen-bond donors (Lipinski definition) is 2. The monoisotopic (exact) mass is 235 g/mol. The minimum atomic E-state index is 0.0551. The molecule has 1 heterocycles. The number of aryl methyl sites for hydroxylation is 1. The normalized spacial score (nSPS) is 10.4. The highest BCUT2D eigenvalue weighted by molar-refractivity contribution is 6.31. The second-order valence-corrected chi connectivity index (χ2v) is 3.78. The van der Waals surface area contributed by atoms with Gasteiger partial charge in [-0.05, 0) is 18.6 Å². The van der Waals surface area contributed by atoms with Gasteiger partial charge in [0.05, 0.1) is 0 Å². The van der Waals surface area contributed by atoms with Crippen molar-refractivity contribution in [2.45, 2.75) is 6.92 Å². The Labute approximate surface area is 97.5 Å². The Balaban J connectivity index is 2.54. The van der Waals surface area contributed by atoms with Gasteiger partial charge in [0.2, 0.25) is 5.95 Å². The SMILES string of the molecule is Cc1ccc(-c2nnc(N)nc2N)cc1Cl. The molecule has 2 rings (SSSR count). The van der Waals surface area contributed by atoms with Crippen LogP contribution in [-0.2, 0) is 0 Å². The summed E-state index contributed by atoms with van der Waals surface area (Å²) in [7, 11) is 0. The molecule has 0 aliphatic carbocycles. The molecule has 0 fully saturated rings. The average Bonchev–Trinajstić information content (AvgIpc) is 2.22. The van der Waals surface area contributed by atoms with Gasteiger partial charge in [0.25, 0.3) is 0 Å². The van der Waals surface area contributed by atoms with Gasteiger partial charge in [-0.3, -0.25) is 0 Å². The Morgan fingerprint density at radius 1 is 1.19 bits per heavy atom. The van der Waals surface area contributed by atoms with Crippen molar-refractivity contribution in [2.24, 2.45) is 0 Å². The molecule has 0 amide bonds. The van der Waals surface area contributed by atoms with Crippen molar-refractivity contribution in [3.8, 4) is 11.3 Å². The average molecular weight is 236 g/mol. The molecular formula is C10H10ClN5. The fourth-order valence-corrected chi connectivity index (χ4v) is 1.48. The van der Waals surface area contributed by atoms with E-state index in [1.807, 2.05) is 19.1 Å². The van der Waals surface area contributed by atoms with Gasteiger partial charge in [0, 0.05) is 10.6 Å². The molecule has 16 heavy (non-hydrogen) atoms. The summed E-state index contributed by atoms with van der Waals surface area (Å²) in [6.45, 7) is 1.92. The zero-order chi connectivity index (χ0) is 11.7. The molecule has 0 saturated carbocycles. The third kappa shape index (κ3) is 1.90. The first-order chi connectivity index (χ1) is 7.58. The maximum atomic E-state index is 6.01. The predicted octanol–water partition coefficient (Wildman–Crippen LogP) is 1.66. The Hall–Kier alpha value is -1.88. The number of aromatic nitrogens is 3. The Morgan fingerprint density at radius 3 is 2.56 bits per heavy atom. The standard InChI is InChI=1S/C10H10ClN5/c1-5-2-3-6(4-7(5)11)8-9(12)14-10(13)16-15-8/h2-4H,1H3,(H4,12,13,14,16). The molecule has 6 heteroatoms. The highest BCUT2D eigenvalue weighted by Crippen LogP contribution is 2.26. The Kier molecular flexibility index (Phi) is 2.62. The van der Waals surface area contributed by atoms with Crippen LogP contribution in [0.25, 0.3) is 11.3 Å². The van der Waals surface area contributed by atoms with Crippen LogP contribution in [0.2, 0.25) is 5.02 Å². The first-order valence-electron chi connectivity index (χ1n) is 4.60. The molecule has 0 saturated heterocycles. The van der Waals surface area contributed by atoms with Crippen LogP contribution in [0.1, 0.15) is 5.56 Å². The maximum absolute atomic E-state index is 6.01. The van der Waals surface area contributed by atoms with Gasteiger partial charge in [0.1, 0.15) is 5.69 Å². The van der Waals surface area contributed by atoms with E-state index in [9.17, 15) is 0 Å². The fourth-order valence-electron chi connectivity index (χ4n) is 1.30. The molecule has 0 aliphatic heterocycles. The number of nitrogens with zero attached hydrogens (tertiary/aromatic N) is 3. The van der Waals surface area contributed by atoms with Crippen LogP contribution in [0, 0.1) is 6.92 Å². The van der Waals surface area contributed by atoms with E-state index in [4.69, 9.17) is 23.1 Å². The van der Waals surface area contributed by atoms with Crippen molar-refractivity contribution in [1.82, 2.24) is 15.2 Å². The maximum Gasteiger partial charge on any atom is 0.242 e. The van der Waals surface area contributed by atoms with E-state index in [2.05, 4.69) is 15.2 Å². The second kappa shape index (κ2) is 3.94. The van der Waals surface area contributed by atoms with Crippen LogP contribution >= 0.6 is 11.6 Å². The summed E-state index contributed by atoms with van der Waals surface area (Å²) in [5, 5.41) is 8.21. The molecule has 0 radical (unpaired) electrons. The number of anilines is 2. The van der Waals surface area contributed by atoms with E-state index in [0.717, 1.165) is 11.1 Å². The summed E-state index contributed by atoms with van der Waals surface area (Å²) in [6.07, 6.45) is 0. The molecule has 1 aromatic heterocycles. The van der Waals surface area contributed by atoms with Crippen LogP contribution in [0.4, 0.5) is 11.8 Å². The van der Waals surface area contributed by atoms with Gasteiger partial charge in [-0.2, -0.15) is 4.98 Å². The van der Waals surface area contributed by atoms with E-state index in [1.54, 1.807) is 6.07 Å². The molecule has 0 bridgehead atoms. The molecule has 82 valence electrons. The molecule has 5 nitrogen and oxygen atoms in total. The summed E-state index contributed by atoms with van der Waals surface area (Å²) >= 11 is 6.01. The van der Waals surface area contributed by atoms with Gasteiger partial charge in [0.15, 0.2) is 5.82 Å². The first kappa shape index (κ1) is 10.6. The van der Waals surface area contributed by atoms with Crippen molar-refractivity contribution < 1.29 is 0 Å². The topological polar surface area (TPSA) is 90.7 Å². The lowest BCUT2D eigenvalue weighted by Crippen LogP contribution is -2.04. The van der Waals surface area contributed by atoms with Crippen molar-refractivity contribution in [2.75, 3.05) is 11.5 Å². The first-order valence-corrected chi connectivity index (χ1v) is 4.98. The van der Waals surface area contributed by atoms with Gasteiger partial charge in [-0.25, -0.2) is 0 Å². The minimum absolute atomic E-state index is 0.0551. The predicted molar refractivity (Wildman–Crippen MR) is 63.8 cm³/mol. The third-order valence-corrected chi connectivity index (χ3v) is 2.58. The highest BCUT2D eigenvalue weighted by atomic mass is 35.5. The second-order valence-electron chi connectivity index (χ2n) is 3.37. The summed E-state index contributed by atoms with van der Waals surface area (Å²) in [6, 6.07) is 5.52. The molecule has 0 unspecified atom stereocenters. The number of nitrogens with two attached hydrogens (primary N) is 2. The van der Waals surface area contributed by atoms with Crippen molar-refractivity contribution in [3.63, 3.8) is 0 Å². The van der Waals surface area contributed by atoms with E-state index < -0.39 is 0 Å². The molecule has 0 aliphatic rings. The van der Waals surface area contributed by atoms with Crippen molar-refractivity contribution in [1.29, 1.82) is 0 Å². The number of halogens is 1. The van der Waals surface area contributed by atoms with Gasteiger partial charge < -0.3 is 11.5 Å². The lowest BCUT2D eigenvalue weighted by atomic mass is 10.1. The van der Waals surface area contributed by atoms with Crippen LogP contribution in [0.3, 0.4) is 0 Å². The quantitative estimate of drug-likeness (QED) is 0.785. The number of rotatable bonds is 1. The van der Waals surface area contributed by atoms with Crippen LogP contribution in [0.15, 0.2) is 18.2 Å². The zero-order valence-electron chi connectivity index (χ0n) is 8.61. The smallest absolute Gasteiger partial charge is 0.242 e. The van der Waals surface area contributed by atoms with Gasteiger partial charge >= 0.3 is 0 Å². The molecule has 0 atom stereocenters. The van der Waals surface area contributed by atoms with Gasteiger partial charge in [-0.15, -0.1) is 10.2 Å². The van der Waals surface area contributed by atoms with Crippen LogP contribution in [0.5, 0.6) is 0 Å². The van der Waals surface area contributed by atoms with Crippen LogP contribution in [-0.4, -0.2) is 15.2 Å². The molecule has 4 N–H and O–H groups in total. The van der Waals surface area contributed by atoms with Crippen LogP contribution < -0.4 is 11.5 Å². The molecular weight excluding hydrogens is 226 g/mol. The van der Waals surface area contributed by atoms with E-state index in [1.165, 1.54) is 0 Å². The summed E-state index contributed by atoms with van der Waals surface area (Å²) < 4.78 is 0. The largest absolute Gasteiger partial charge is 0.382 e. The Bertz CT molecular complexity index is 541. The van der Waals surface area contributed by atoms with Crippen molar-refractivity contribution >= 4 is 23.4 Å². The van der Waals surface area contributed by atoms with E-state index >= 15 is 0 Å². The lowest BCUT2D eigenvalue weighted by molar-refractivity contribution is 0.999. The van der Waals surface area contributed by atoms with E-state index in [0.29, 0.717) is 10.7 Å². The summed E-state index contributed by atoms with van der Waals surface area (Å²) in [4.78, 5) is 3.84. The summed E-state index contributed by atoms with van der Waals surface area (Å²) in [5.74, 6) is 0.298. The number of benzene rings is 1.